The Kier molecular flexibility index (Phi) is 7.27. The van der Waals surface area contributed by atoms with E-state index in [1.165, 1.54) is 0 Å². The van der Waals surface area contributed by atoms with Gasteiger partial charge in [0.25, 0.3) is 0 Å². The average molecular weight is 577 g/mol. The molecule has 0 aromatic heterocycles. The van der Waals surface area contributed by atoms with E-state index in [1.54, 1.807) is 18.2 Å². The Morgan fingerprint density at radius 1 is 0.881 bits per heavy atom. The number of amides is 2. The van der Waals surface area contributed by atoms with Crippen LogP contribution >= 0.6 is 11.6 Å². The summed E-state index contributed by atoms with van der Waals surface area (Å²) in [5.41, 5.74) is 2.97. The first kappa shape index (κ1) is 27.6. The van der Waals surface area contributed by atoms with Gasteiger partial charge in [-0.3, -0.25) is 19.7 Å². The van der Waals surface area contributed by atoms with Crippen LogP contribution in [0.25, 0.3) is 12.2 Å². The lowest BCUT2D eigenvalue weighted by Crippen LogP contribution is -2.57. The van der Waals surface area contributed by atoms with E-state index < -0.39 is 41.2 Å². The summed E-state index contributed by atoms with van der Waals surface area (Å²) >= 11 is 6.37. The molecular weight excluding hydrogens is 548 g/mol. The molecule has 7 heteroatoms. The highest BCUT2D eigenvalue weighted by atomic mass is 35.5. The molecule has 4 atom stereocenters. The summed E-state index contributed by atoms with van der Waals surface area (Å²) in [6.45, 7) is 1.84. The van der Waals surface area contributed by atoms with Crippen molar-refractivity contribution in [1.29, 1.82) is 0 Å². The quantitative estimate of drug-likeness (QED) is 0.198. The molecule has 0 radical (unpaired) electrons. The zero-order valence-corrected chi connectivity index (χ0v) is 23.7. The highest BCUT2D eigenvalue weighted by Crippen LogP contribution is 2.51. The Labute approximate surface area is 249 Å². The maximum atomic E-state index is 14.1. The van der Waals surface area contributed by atoms with E-state index in [1.807, 2.05) is 104 Å². The van der Waals surface area contributed by atoms with Crippen LogP contribution in [0.15, 0.2) is 103 Å². The molecule has 2 aliphatic heterocycles. The summed E-state index contributed by atoms with van der Waals surface area (Å²) < 4.78 is 0. The van der Waals surface area contributed by atoms with Gasteiger partial charge in [-0.05, 0) is 46.9 Å². The SMILES string of the molecule is Cc1ccc(N2C(=O)C3C(c4ccc(C=Cc5ccccc5)cc4)NC(Cc4ccccc4)(C(=O)O)C3C2=O)cc1Cl. The van der Waals surface area contributed by atoms with Crippen molar-refractivity contribution in [3.63, 3.8) is 0 Å². The van der Waals surface area contributed by atoms with Crippen molar-refractivity contribution in [2.24, 2.45) is 11.8 Å². The second-order valence-electron chi connectivity index (χ2n) is 10.9. The topological polar surface area (TPSA) is 86.7 Å². The van der Waals surface area contributed by atoms with Gasteiger partial charge in [-0.25, -0.2) is 4.90 Å². The van der Waals surface area contributed by atoms with Crippen LogP contribution in [0.1, 0.15) is 33.9 Å². The molecule has 2 N–H and O–H groups in total. The number of imide groups is 1. The van der Waals surface area contributed by atoms with Crippen molar-refractivity contribution in [3.8, 4) is 0 Å². The number of benzene rings is 4. The number of hydrogen-bond acceptors (Lipinski definition) is 4. The molecule has 0 bridgehead atoms. The lowest BCUT2D eigenvalue weighted by molar-refractivity contribution is -0.148. The molecule has 6 nitrogen and oxygen atoms in total. The number of nitrogens with zero attached hydrogens (tertiary/aromatic N) is 1. The lowest BCUT2D eigenvalue weighted by Gasteiger charge is -2.31. The third-order valence-electron chi connectivity index (χ3n) is 8.34. The molecule has 2 amide bonds. The smallest absolute Gasteiger partial charge is 0.325 e. The third-order valence-corrected chi connectivity index (χ3v) is 8.75. The van der Waals surface area contributed by atoms with Crippen LogP contribution in [0.5, 0.6) is 0 Å². The summed E-state index contributed by atoms with van der Waals surface area (Å²) in [4.78, 5) is 42.4. The summed E-state index contributed by atoms with van der Waals surface area (Å²) in [6.07, 6.45) is 4.05. The number of carboxylic acid groups (broad SMARTS) is 1. The minimum atomic E-state index is -1.70. The zero-order valence-electron chi connectivity index (χ0n) is 22.9. The predicted molar refractivity (Wildman–Crippen MR) is 164 cm³/mol. The van der Waals surface area contributed by atoms with Gasteiger partial charge in [0.05, 0.1) is 17.5 Å². The number of hydrogen-bond donors (Lipinski definition) is 2. The van der Waals surface area contributed by atoms with Crippen LogP contribution in [-0.2, 0) is 20.8 Å². The van der Waals surface area contributed by atoms with Gasteiger partial charge < -0.3 is 5.11 Å². The predicted octanol–water partition coefficient (Wildman–Crippen LogP) is 6.34. The molecule has 4 unspecified atom stereocenters. The number of rotatable bonds is 7. The molecule has 2 heterocycles. The molecular formula is C35H29ClN2O4. The number of anilines is 1. The van der Waals surface area contributed by atoms with E-state index in [0.29, 0.717) is 10.7 Å². The number of aryl methyl sites for hydroxylation is 1. The summed E-state index contributed by atoms with van der Waals surface area (Å²) in [6, 6.07) is 31.1. The van der Waals surface area contributed by atoms with Gasteiger partial charge in [-0.1, -0.05) is 115 Å². The van der Waals surface area contributed by atoms with Crippen LogP contribution < -0.4 is 10.2 Å². The Bertz CT molecular complexity index is 1690. The maximum absolute atomic E-state index is 14.1. The molecule has 0 spiro atoms. The third kappa shape index (κ3) is 4.83. The van der Waals surface area contributed by atoms with Gasteiger partial charge in [-0.15, -0.1) is 0 Å². The normalized spacial score (nSPS) is 23.5. The molecule has 2 fully saturated rings. The fraction of sp³-hybridized carbons (Fsp3) is 0.171. The second kappa shape index (κ2) is 11.0. The van der Waals surface area contributed by atoms with Crippen LogP contribution in [0.4, 0.5) is 5.69 Å². The average Bonchev–Trinajstić information content (AvgIpc) is 3.48. The molecule has 0 saturated carbocycles. The number of carbonyl (C=O) groups excluding carboxylic acids is 2. The van der Waals surface area contributed by atoms with E-state index in [9.17, 15) is 19.5 Å². The minimum Gasteiger partial charge on any atom is -0.480 e. The Hall–Kier alpha value is -4.52. The lowest BCUT2D eigenvalue weighted by atomic mass is 9.76. The molecule has 0 aliphatic carbocycles. The molecule has 4 aromatic carbocycles. The number of carboxylic acids is 1. The Morgan fingerprint density at radius 2 is 1.50 bits per heavy atom. The molecule has 2 saturated heterocycles. The highest BCUT2D eigenvalue weighted by Gasteiger charge is 2.68. The van der Waals surface area contributed by atoms with Gasteiger partial charge in [0.2, 0.25) is 11.8 Å². The highest BCUT2D eigenvalue weighted by molar-refractivity contribution is 6.32. The van der Waals surface area contributed by atoms with Crippen molar-refractivity contribution in [2.75, 3.05) is 4.90 Å². The van der Waals surface area contributed by atoms with Crippen LogP contribution in [0.3, 0.4) is 0 Å². The van der Waals surface area contributed by atoms with E-state index in [-0.39, 0.29) is 6.42 Å². The summed E-state index contributed by atoms with van der Waals surface area (Å²) in [7, 11) is 0. The largest absolute Gasteiger partial charge is 0.480 e. The van der Waals surface area contributed by atoms with E-state index in [0.717, 1.165) is 32.7 Å². The molecule has 2 aliphatic rings. The number of aliphatic carboxylic acids is 1. The zero-order chi connectivity index (χ0) is 29.4. The van der Waals surface area contributed by atoms with E-state index >= 15 is 0 Å². The monoisotopic (exact) mass is 576 g/mol. The Morgan fingerprint density at radius 3 is 2.12 bits per heavy atom. The maximum Gasteiger partial charge on any atom is 0.325 e. The van der Waals surface area contributed by atoms with Gasteiger partial charge in [0.15, 0.2) is 0 Å². The van der Waals surface area contributed by atoms with E-state index in [4.69, 9.17) is 11.6 Å². The number of halogens is 1. The van der Waals surface area contributed by atoms with Gasteiger partial charge in [-0.2, -0.15) is 0 Å². The molecule has 6 rings (SSSR count). The van der Waals surface area contributed by atoms with Gasteiger partial charge in [0.1, 0.15) is 5.54 Å². The van der Waals surface area contributed by atoms with Crippen molar-refractivity contribution < 1.29 is 19.5 Å². The minimum absolute atomic E-state index is 0.0419. The van der Waals surface area contributed by atoms with Crippen LogP contribution in [0.2, 0.25) is 5.02 Å². The Balaban J connectivity index is 1.41. The molecule has 4 aromatic rings. The van der Waals surface area contributed by atoms with Crippen molar-refractivity contribution >= 4 is 47.2 Å². The number of fused-ring (bicyclic) bond motifs is 1. The second-order valence-corrected chi connectivity index (χ2v) is 11.3. The van der Waals surface area contributed by atoms with Crippen molar-refractivity contribution in [3.05, 3.63) is 136 Å². The molecule has 210 valence electrons. The van der Waals surface area contributed by atoms with Crippen molar-refractivity contribution in [1.82, 2.24) is 5.32 Å². The van der Waals surface area contributed by atoms with Gasteiger partial charge in [0, 0.05) is 17.5 Å². The van der Waals surface area contributed by atoms with E-state index in [2.05, 4.69) is 5.32 Å². The van der Waals surface area contributed by atoms with Crippen LogP contribution in [0, 0.1) is 18.8 Å². The number of nitrogens with one attached hydrogen (secondary N) is 1. The number of carbonyl (C=O) groups is 3. The first-order valence-electron chi connectivity index (χ1n) is 13.8. The first-order valence-corrected chi connectivity index (χ1v) is 14.2. The van der Waals surface area contributed by atoms with Crippen molar-refractivity contribution in [2.45, 2.75) is 24.9 Å². The fourth-order valence-electron chi connectivity index (χ4n) is 6.19. The van der Waals surface area contributed by atoms with Gasteiger partial charge >= 0.3 is 5.97 Å². The summed E-state index contributed by atoms with van der Waals surface area (Å²) in [5, 5.41) is 14.4. The fourth-order valence-corrected chi connectivity index (χ4v) is 6.36. The molecule has 42 heavy (non-hydrogen) atoms. The van der Waals surface area contributed by atoms with Crippen LogP contribution in [-0.4, -0.2) is 28.4 Å². The standard InChI is InChI=1S/C35H29ClN2O4/c1-22-12-19-27(20-28(22)36)38-32(39)29-30(33(38)40)35(34(41)42,21-25-10-6-3-7-11-25)37-31(29)26-17-15-24(16-18-26)14-13-23-8-4-2-5-9-23/h2-20,29-31,37H,21H2,1H3,(H,41,42). The summed E-state index contributed by atoms with van der Waals surface area (Å²) in [5.74, 6) is -4.18. The first-order chi connectivity index (χ1) is 20.3.